The van der Waals surface area contributed by atoms with Crippen LogP contribution < -0.4 is 0 Å². The van der Waals surface area contributed by atoms with Gasteiger partial charge in [-0.2, -0.15) is 18.3 Å². The van der Waals surface area contributed by atoms with Crippen LogP contribution in [0.1, 0.15) is 28.2 Å². The van der Waals surface area contributed by atoms with Crippen molar-refractivity contribution in [3.8, 4) is 0 Å². The van der Waals surface area contributed by atoms with Crippen molar-refractivity contribution in [1.82, 2.24) is 14.8 Å². The van der Waals surface area contributed by atoms with Crippen LogP contribution in [-0.2, 0) is 41.0 Å². The molecule has 0 fully saturated rings. The molecule has 2 aromatic heterocycles. The van der Waals surface area contributed by atoms with Gasteiger partial charge in [-0.15, -0.1) is 11.3 Å². The Morgan fingerprint density at radius 3 is 2.50 bits per heavy atom. The Hall–Kier alpha value is -1.42. The highest BCUT2D eigenvalue weighted by atomic mass is 32.2. The fraction of sp³-hybridized carbons (Fsp3) is 0.500. The first-order chi connectivity index (χ1) is 10.1. The third-order valence-corrected chi connectivity index (χ3v) is 5.71. The molecule has 0 saturated heterocycles. The number of aromatic nitrogens is 3. The van der Waals surface area contributed by atoms with Gasteiger partial charge in [0.25, 0.3) is 0 Å². The average molecular weight is 353 g/mol. The van der Waals surface area contributed by atoms with Gasteiger partial charge in [0.15, 0.2) is 15.5 Å². The second-order valence-corrected chi connectivity index (χ2v) is 8.01. The van der Waals surface area contributed by atoms with Gasteiger partial charge in [0.2, 0.25) is 0 Å². The zero-order valence-corrected chi connectivity index (χ0v) is 13.5. The smallest absolute Gasteiger partial charge is 0.271 e. The zero-order chi connectivity index (χ0) is 16.5. The monoisotopic (exact) mass is 353 g/mol. The molecule has 122 valence electrons. The predicted octanol–water partition coefficient (Wildman–Crippen LogP) is 2.57. The third kappa shape index (κ3) is 4.07. The van der Waals surface area contributed by atoms with Crippen LogP contribution in [0.3, 0.4) is 0 Å². The summed E-state index contributed by atoms with van der Waals surface area (Å²) in [6.45, 7) is 1.91. The first-order valence-electron chi connectivity index (χ1n) is 6.35. The van der Waals surface area contributed by atoms with E-state index in [1.807, 2.05) is 6.92 Å². The van der Waals surface area contributed by atoms with Crippen molar-refractivity contribution < 1.29 is 21.6 Å². The van der Waals surface area contributed by atoms with E-state index in [-0.39, 0.29) is 11.4 Å². The standard InChI is InChI=1S/C12H14F3N3O2S2/c1-3-11-16-5-9(21-11)7-22(19,20)6-8-4-10(12(13,14)15)17-18(8)2/h4-5H,3,6-7H2,1-2H3. The van der Waals surface area contributed by atoms with Gasteiger partial charge >= 0.3 is 6.18 Å². The second-order valence-electron chi connectivity index (χ2n) is 4.75. The van der Waals surface area contributed by atoms with Gasteiger partial charge < -0.3 is 0 Å². The van der Waals surface area contributed by atoms with Crippen LogP contribution in [0.2, 0.25) is 0 Å². The van der Waals surface area contributed by atoms with Crippen LogP contribution in [0.15, 0.2) is 12.3 Å². The Labute approximate surface area is 129 Å². The highest BCUT2D eigenvalue weighted by Crippen LogP contribution is 2.29. The maximum Gasteiger partial charge on any atom is 0.435 e. The number of hydrogen-bond donors (Lipinski definition) is 0. The topological polar surface area (TPSA) is 64.8 Å². The Morgan fingerprint density at radius 1 is 1.32 bits per heavy atom. The molecule has 0 aliphatic rings. The lowest BCUT2D eigenvalue weighted by Gasteiger charge is -2.03. The van der Waals surface area contributed by atoms with Crippen molar-refractivity contribution in [2.45, 2.75) is 31.0 Å². The van der Waals surface area contributed by atoms with Gasteiger partial charge in [-0.3, -0.25) is 4.68 Å². The second kappa shape index (κ2) is 5.99. The molecule has 0 aliphatic heterocycles. The molecule has 2 aromatic rings. The van der Waals surface area contributed by atoms with Crippen molar-refractivity contribution in [2.75, 3.05) is 0 Å². The molecule has 22 heavy (non-hydrogen) atoms. The van der Waals surface area contributed by atoms with Gasteiger partial charge in [-0.1, -0.05) is 6.92 Å². The maximum atomic E-state index is 12.6. The molecular formula is C12H14F3N3O2S2. The highest BCUT2D eigenvalue weighted by Gasteiger charge is 2.35. The summed E-state index contributed by atoms with van der Waals surface area (Å²) in [6.07, 6.45) is -2.39. The summed E-state index contributed by atoms with van der Waals surface area (Å²) in [5.74, 6) is -0.733. The normalized spacial score (nSPS) is 12.8. The Balaban J connectivity index is 2.16. The molecule has 0 spiro atoms. The zero-order valence-electron chi connectivity index (χ0n) is 11.9. The number of thiazole rings is 1. The van der Waals surface area contributed by atoms with Crippen LogP contribution in [0, 0.1) is 0 Å². The van der Waals surface area contributed by atoms with Gasteiger partial charge in [-0.25, -0.2) is 13.4 Å². The van der Waals surface area contributed by atoms with E-state index in [1.165, 1.54) is 24.6 Å². The molecule has 0 atom stereocenters. The fourth-order valence-corrected chi connectivity index (χ4v) is 4.61. The number of aryl methyl sites for hydroxylation is 2. The minimum atomic E-state index is -4.59. The van der Waals surface area contributed by atoms with Crippen molar-refractivity contribution in [3.05, 3.63) is 33.5 Å². The Bertz CT molecular complexity index is 763. The van der Waals surface area contributed by atoms with Gasteiger partial charge in [0.1, 0.15) is 0 Å². The van der Waals surface area contributed by atoms with E-state index in [4.69, 9.17) is 0 Å². The van der Waals surface area contributed by atoms with Gasteiger partial charge in [0, 0.05) is 18.1 Å². The number of halogens is 3. The third-order valence-electron chi connectivity index (χ3n) is 2.90. The van der Waals surface area contributed by atoms with Crippen LogP contribution in [0.4, 0.5) is 13.2 Å². The minimum absolute atomic E-state index is 0.00700. The average Bonchev–Trinajstić information content (AvgIpc) is 2.95. The van der Waals surface area contributed by atoms with Crippen LogP contribution in [-0.4, -0.2) is 23.2 Å². The Morgan fingerprint density at radius 2 is 2.00 bits per heavy atom. The van der Waals surface area contributed by atoms with Crippen molar-refractivity contribution >= 4 is 21.2 Å². The molecule has 5 nitrogen and oxygen atoms in total. The van der Waals surface area contributed by atoms with E-state index < -0.39 is 27.5 Å². The molecule has 0 saturated carbocycles. The molecule has 0 bridgehead atoms. The lowest BCUT2D eigenvalue weighted by molar-refractivity contribution is -0.141. The summed E-state index contributed by atoms with van der Waals surface area (Å²) in [7, 11) is -2.30. The van der Waals surface area contributed by atoms with E-state index in [2.05, 4.69) is 10.1 Å². The summed E-state index contributed by atoms with van der Waals surface area (Å²) >= 11 is 1.29. The summed E-state index contributed by atoms with van der Waals surface area (Å²) in [4.78, 5) is 4.65. The lowest BCUT2D eigenvalue weighted by atomic mass is 10.4. The van der Waals surface area contributed by atoms with Gasteiger partial charge in [0.05, 0.1) is 22.2 Å². The van der Waals surface area contributed by atoms with E-state index >= 15 is 0 Å². The first kappa shape index (κ1) is 16.9. The van der Waals surface area contributed by atoms with E-state index in [1.54, 1.807) is 0 Å². The summed E-state index contributed by atoms with van der Waals surface area (Å²) < 4.78 is 62.9. The molecule has 2 heterocycles. The fourth-order valence-electron chi connectivity index (χ4n) is 1.85. The quantitative estimate of drug-likeness (QED) is 0.829. The Kier molecular flexibility index (Phi) is 4.62. The van der Waals surface area contributed by atoms with Gasteiger partial charge in [-0.05, 0) is 12.5 Å². The van der Waals surface area contributed by atoms with E-state index in [0.29, 0.717) is 11.3 Å². The molecule has 0 aliphatic carbocycles. The van der Waals surface area contributed by atoms with E-state index in [9.17, 15) is 21.6 Å². The molecule has 0 radical (unpaired) electrons. The lowest BCUT2D eigenvalue weighted by Crippen LogP contribution is -2.10. The largest absolute Gasteiger partial charge is 0.435 e. The summed E-state index contributed by atoms with van der Waals surface area (Å²) in [5.41, 5.74) is -1.08. The predicted molar refractivity (Wildman–Crippen MR) is 76.0 cm³/mol. The molecule has 0 aromatic carbocycles. The molecule has 0 amide bonds. The first-order valence-corrected chi connectivity index (χ1v) is 8.98. The SMILES string of the molecule is CCc1ncc(CS(=O)(=O)Cc2cc(C(F)(F)F)nn2C)s1. The number of rotatable bonds is 5. The molecule has 0 unspecified atom stereocenters. The summed E-state index contributed by atoms with van der Waals surface area (Å²) in [6, 6.07) is 0.766. The van der Waals surface area contributed by atoms with Crippen molar-refractivity contribution in [3.63, 3.8) is 0 Å². The molecule has 2 rings (SSSR count). The molecule has 10 heteroatoms. The van der Waals surface area contributed by atoms with E-state index in [0.717, 1.165) is 15.8 Å². The molecular weight excluding hydrogens is 339 g/mol. The minimum Gasteiger partial charge on any atom is -0.271 e. The van der Waals surface area contributed by atoms with Crippen LogP contribution >= 0.6 is 11.3 Å². The molecule has 0 N–H and O–H groups in total. The highest BCUT2D eigenvalue weighted by molar-refractivity contribution is 7.90. The number of nitrogens with zero attached hydrogens (tertiary/aromatic N) is 3. The number of hydrogen-bond acceptors (Lipinski definition) is 5. The van der Waals surface area contributed by atoms with Crippen LogP contribution in [0.25, 0.3) is 0 Å². The van der Waals surface area contributed by atoms with Crippen molar-refractivity contribution in [1.29, 1.82) is 0 Å². The number of alkyl halides is 3. The maximum absolute atomic E-state index is 12.6. The van der Waals surface area contributed by atoms with Crippen molar-refractivity contribution in [2.24, 2.45) is 7.05 Å². The summed E-state index contributed by atoms with van der Waals surface area (Å²) in [5, 5.41) is 4.13. The van der Waals surface area contributed by atoms with Crippen LogP contribution in [0.5, 0.6) is 0 Å². The number of sulfone groups is 1.